The SMILES string of the molecule is O=C(Nc1ccc(OC(F)(F)F)cc1)OCC1(CO)CCSc2ccccc2C1=O. The van der Waals surface area contributed by atoms with Crippen LogP contribution in [0.3, 0.4) is 0 Å². The van der Waals surface area contributed by atoms with E-state index in [1.807, 2.05) is 12.1 Å². The topological polar surface area (TPSA) is 84.9 Å². The zero-order valence-electron chi connectivity index (χ0n) is 15.6. The number of alkyl halides is 3. The van der Waals surface area contributed by atoms with Crippen LogP contribution >= 0.6 is 11.8 Å². The average Bonchev–Trinajstić information content (AvgIpc) is 2.84. The molecule has 2 N–H and O–H groups in total. The number of hydrogen-bond donors (Lipinski definition) is 2. The lowest BCUT2D eigenvalue weighted by atomic mass is 9.79. The lowest BCUT2D eigenvalue weighted by molar-refractivity contribution is -0.274. The summed E-state index contributed by atoms with van der Waals surface area (Å²) in [4.78, 5) is 26.0. The van der Waals surface area contributed by atoms with Crippen LogP contribution in [0.4, 0.5) is 23.7 Å². The molecule has 2 aromatic carbocycles. The predicted octanol–water partition coefficient (Wildman–Crippen LogP) is 4.49. The Morgan fingerprint density at radius 1 is 1.17 bits per heavy atom. The van der Waals surface area contributed by atoms with E-state index in [0.29, 0.717) is 17.7 Å². The number of ketones is 1. The van der Waals surface area contributed by atoms with Gasteiger partial charge in [-0.15, -0.1) is 24.9 Å². The minimum atomic E-state index is -4.81. The summed E-state index contributed by atoms with van der Waals surface area (Å²) in [6.07, 6.45) is -5.39. The second-order valence-corrected chi connectivity index (χ2v) is 7.77. The van der Waals surface area contributed by atoms with Gasteiger partial charge in [-0.1, -0.05) is 18.2 Å². The van der Waals surface area contributed by atoms with Crippen LogP contribution in [0.2, 0.25) is 0 Å². The molecule has 0 saturated heterocycles. The number of aliphatic hydroxyl groups excluding tert-OH is 1. The molecule has 0 aromatic heterocycles. The fraction of sp³-hybridized carbons (Fsp3) is 0.300. The van der Waals surface area contributed by atoms with E-state index in [9.17, 15) is 27.9 Å². The van der Waals surface area contributed by atoms with E-state index in [2.05, 4.69) is 10.1 Å². The summed E-state index contributed by atoms with van der Waals surface area (Å²) in [5.41, 5.74) is -0.611. The van der Waals surface area contributed by atoms with Gasteiger partial charge in [-0.25, -0.2) is 4.79 Å². The number of fused-ring (bicyclic) bond motifs is 1. The molecule has 1 heterocycles. The second-order valence-electron chi connectivity index (χ2n) is 6.64. The zero-order valence-corrected chi connectivity index (χ0v) is 16.4. The molecule has 10 heteroatoms. The molecule has 1 unspecified atom stereocenters. The molecule has 160 valence electrons. The Morgan fingerprint density at radius 3 is 2.53 bits per heavy atom. The van der Waals surface area contributed by atoms with Crippen molar-refractivity contribution in [1.82, 2.24) is 0 Å². The van der Waals surface area contributed by atoms with Gasteiger partial charge in [-0.2, -0.15) is 0 Å². The molecule has 6 nitrogen and oxygen atoms in total. The summed E-state index contributed by atoms with van der Waals surface area (Å²) in [5.74, 6) is -0.164. The highest BCUT2D eigenvalue weighted by Crippen LogP contribution is 2.38. The van der Waals surface area contributed by atoms with Gasteiger partial charge < -0.3 is 14.6 Å². The highest BCUT2D eigenvalue weighted by molar-refractivity contribution is 7.99. The predicted molar refractivity (Wildman–Crippen MR) is 104 cm³/mol. The van der Waals surface area contributed by atoms with Crippen LogP contribution in [0.25, 0.3) is 0 Å². The third kappa shape index (κ3) is 5.25. The summed E-state index contributed by atoms with van der Waals surface area (Å²) in [5, 5.41) is 12.3. The number of thioether (sulfide) groups is 1. The number of hydrogen-bond acceptors (Lipinski definition) is 6. The Labute approximate surface area is 174 Å². The molecule has 0 saturated carbocycles. The fourth-order valence-electron chi connectivity index (χ4n) is 2.97. The van der Waals surface area contributed by atoms with Crippen molar-refractivity contribution in [2.24, 2.45) is 5.41 Å². The van der Waals surface area contributed by atoms with Crippen molar-refractivity contribution in [2.75, 3.05) is 24.3 Å². The number of nitrogens with one attached hydrogen (secondary N) is 1. The van der Waals surface area contributed by atoms with E-state index in [0.717, 1.165) is 17.0 Å². The van der Waals surface area contributed by atoms with Gasteiger partial charge in [0.1, 0.15) is 12.4 Å². The molecule has 0 bridgehead atoms. The van der Waals surface area contributed by atoms with Crippen LogP contribution in [0.15, 0.2) is 53.4 Å². The maximum absolute atomic E-state index is 13.0. The Hall–Kier alpha value is -2.72. The molecule has 1 aliphatic heterocycles. The monoisotopic (exact) mass is 441 g/mol. The van der Waals surface area contributed by atoms with Crippen LogP contribution in [-0.4, -0.2) is 42.3 Å². The maximum atomic E-state index is 13.0. The normalized spacial score (nSPS) is 18.9. The minimum Gasteiger partial charge on any atom is -0.448 e. The highest BCUT2D eigenvalue weighted by atomic mass is 32.2. The first-order valence-electron chi connectivity index (χ1n) is 8.89. The summed E-state index contributed by atoms with van der Waals surface area (Å²) in [6, 6.07) is 11.6. The Balaban J connectivity index is 1.63. The van der Waals surface area contributed by atoms with Crippen molar-refractivity contribution in [3.63, 3.8) is 0 Å². The number of carbonyl (C=O) groups is 2. The quantitative estimate of drug-likeness (QED) is 0.711. The summed E-state index contributed by atoms with van der Waals surface area (Å²) in [7, 11) is 0. The molecule has 0 radical (unpaired) electrons. The summed E-state index contributed by atoms with van der Waals surface area (Å²) >= 11 is 1.49. The first kappa shape index (κ1) is 22.0. The molecule has 2 aromatic rings. The second kappa shape index (κ2) is 8.97. The highest BCUT2D eigenvalue weighted by Gasteiger charge is 2.42. The van der Waals surface area contributed by atoms with Crippen LogP contribution in [0.1, 0.15) is 16.8 Å². The zero-order chi connectivity index (χ0) is 21.8. The third-order valence-corrected chi connectivity index (χ3v) is 5.64. The number of Topliss-reactive ketones (excluding diaryl/α,β-unsaturated/α-hetero) is 1. The smallest absolute Gasteiger partial charge is 0.448 e. The van der Waals surface area contributed by atoms with Gasteiger partial charge >= 0.3 is 12.5 Å². The van der Waals surface area contributed by atoms with Crippen molar-refractivity contribution in [1.29, 1.82) is 0 Å². The Kier molecular flexibility index (Phi) is 6.57. The van der Waals surface area contributed by atoms with E-state index in [4.69, 9.17) is 4.74 Å². The molecule has 3 rings (SSSR count). The van der Waals surface area contributed by atoms with E-state index < -0.39 is 30.2 Å². The van der Waals surface area contributed by atoms with E-state index in [1.54, 1.807) is 12.1 Å². The number of rotatable bonds is 5. The van der Waals surface area contributed by atoms with Gasteiger partial charge in [0.05, 0.1) is 12.0 Å². The molecule has 0 aliphatic carbocycles. The molecule has 30 heavy (non-hydrogen) atoms. The largest absolute Gasteiger partial charge is 0.573 e. The maximum Gasteiger partial charge on any atom is 0.573 e. The van der Waals surface area contributed by atoms with Crippen molar-refractivity contribution in [3.05, 3.63) is 54.1 Å². The van der Waals surface area contributed by atoms with Gasteiger partial charge in [0.15, 0.2) is 5.78 Å². The molecule has 0 fully saturated rings. The van der Waals surface area contributed by atoms with Gasteiger partial charge in [-0.05, 0) is 42.5 Å². The van der Waals surface area contributed by atoms with Gasteiger partial charge in [0.25, 0.3) is 0 Å². The molecule has 1 atom stereocenters. The average molecular weight is 441 g/mol. The standard InChI is InChI=1S/C20H18F3NO5S/c21-20(22,23)29-14-7-5-13(6-8-14)24-18(27)28-12-19(11-25)9-10-30-16-4-2-1-3-15(16)17(19)26/h1-8,25H,9-12H2,(H,24,27). The number of amides is 1. The molecule has 1 aliphatic rings. The molecule has 1 amide bonds. The summed E-state index contributed by atoms with van der Waals surface area (Å²) in [6.45, 7) is -0.824. The van der Waals surface area contributed by atoms with E-state index in [1.165, 1.54) is 23.9 Å². The van der Waals surface area contributed by atoms with Crippen molar-refractivity contribution in [2.45, 2.75) is 17.7 Å². The number of anilines is 1. The van der Waals surface area contributed by atoms with Crippen LogP contribution in [-0.2, 0) is 4.74 Å². The van der Waals surface area contributed by atoms with E-state index >= 15 is 0 Å². The minimum absolute atomic E-state index is 0.181. The molecular formula is C20H18F3NO5S. The Bertz CT molecular complexity index is 919. The van der Waals surface area contributed by atoms with Crippen LogP contribution < -0.4 is 10.1 Å². The first-order chi connectivity index (χ1) is 14.2. The van der Waals surface area contributed by atoms with Crippen molar-refractivity contribution in [3.8, 4) is 5.75 Å². The lowest BCUT2D eigenvalue weighted by Gasteiger charge is -2.28. The lowest BCUT2D eigenvalue weighted by Crippen LogP contribution is -2.41. The number of benzene rings is 2. The van der Waals surface area contributed by atoms with Crippen LogP contribution in [0.5, 0.6) is 5.75 Å². The number of carbonyl (C=O) groups excluding carboxylic acids is 2. The van der Waals surface area contributed by atoms with Gasteiger partial charge in [-0.3, -0.25) is 10.1 Å². The van der Waals surface area contributed by atoms with Crippen LogP contribution in [0, 0.1) is 5.41 Å². The Morgan fingerprint density at radius 2 is 1.87 bits per heavy atom. The number of ether oxygens (including phenoxy) is 2. The van der Waals surface area contributed by atoms with Gasteiger partial charge in [0, 0.05) is 16.1 Å². The molecular weight excluding hydrogens is 423 g/mol. The first-order valence-corrected chi connectivity index (χ1v) is 9.88. The fourth-order valence-corrected chi connectivity index (χ4v) is 4.17. The van der Waals surface area contributed by atoms with E-state index in [-0.39, 0.29) is 18.1 Å². The number of aliphatic hydroxyl groups is 1. The van der Waals surface area contributed by atoms with Gasteiger partial charge in [0.2, 0.25) is 0 Å². The summed E-state index contributed by atoms with van der Waals surface area (Å²) < 4.78 is 45.5. The van der Waals surface area contributed by atoms with Crippen molar-refractivity contribution >= 4 is 29.3 Å². The van der Waals surface area contributed by atoms with Crippen molar-refractivity contribution < 1.29 is 37.3 Å². The number of halogens is 3. The third-order valence-electron chi connectivity index (χ3n) is 4.57. The molecule has 0 spiro atoms.